The van der Waals surface area contributed by atoms with E-state index >= 15 is 0 Å². The Hall–Kier alpha value is -2.28. The fourth-order valence-corrected chi connectivity index (χ4v) is 3.63. The van der Waals surface area contributed by atoms with E-state index in [4.69, 9.17) is 4.74 Å². The lowest BCUT2D eigenvalue weighted by Gasteiger charge is -2.18. The van der Waals surface area contributed by atoms with Crippen LogP contribution < -0.4 is 4.74 Å². The van der Waals surface area contributed by atoms with E-state index in [1.807, 2.05) is 19.1 Å². The highest BCUT2D eigenvalue weighted by Gasteiger charge is 2.41. The standard InChI is InChI=1S/C19H23NO5S/c1-10(2)14-8-13(11(3)7-15(14)24-5)9-16-17(21)20(19(23)26-16)12(4)18(22)25-6/h7-10,12H,1-6H3/b16-9+/t12-/m1/s1. The molecule has 1 aromatic rings. The maximum atomic E-state index is 12.6. The molecule has 140 valence electrons. The lowest BCUT2D eigenvalue weighted by molar-refractivity contribution is -0.148. The number of thioether (sulfide) groups is 1. The van der Waals surface area contributed by atoms with Gasteiger partial charge in [0.15, 0.2) is 0 Å². The van der Waals surface area contributed by atoms with E-state index in [2.05, 4.69) is 18.6 Å². The van der Waals surface area contributed by atoms with Gasteiger partial charge in [0.25, 0.3) is 11.1 Å². The fourth-order valence-electron chi connectivity index (χ4n) is 2.73. The largest absolute Gasteiger partial charge is 0.496 e. The van der Waals surface area contributed by atoms with Crippen molar-refractivity contribution < 1.29 is 23.9 Å². The smallest absolute Gasteiger partial charge is 0.328 e. The zero-order valence-electron chi connectivity index (χ0n) is 15.8. The molecule has 0 radical (unpaired) electrons. The number of methoxy groups -OCH3 is 2. The number of benzene rings is 1. The average molecular weight is 377 g/mol. The van der Waals surface area contributed by atoms with Gasteiger partial charge in [-0.25, -0.2) is 4.79 Å². The molecule has 26 heavy (non-hydrogen) atoms. The summed E-state index contributed by atoms with van der Waals surface area (Å²) in [4.78, 5) is 37.7. The molecule has 1 aliphatic heterocycles. The van der Waals surface area contributed by atoms with E-state index in [9.17, 15) is 14.4 Å². The minimum atomic E-state index is -0.957. The molecular weight excluding hydrogens is 354 g/mol. The molecule has 1 heterocycles. The Labute approximate surface area is 157 Å². The summed E-state index contributed by atoms with van der Waals surface area (Å²) in [5, 5.41) is -0.477. The number of hydrogen-bond acceptors (Lipinski definition) is 6. The van der Waals surface area contributed by atoms with Gasteiger partial charge in [0.1, 0.15) is 11.8 Å². The van der Waals surface area contributed by atoms with E-state index in [0.717, 1.165) is 39.1 Å². The number of carbonyl (C=O) groups excluding carboxylic acids is 3. The molecule has 1 aliphatic rings. The Morgan fingerprint density at radius 2 is 1.85 bits per heavy atom. The van der Waals surface area contributed by atoms with Crippen LogP contribution in [0.15, 0.2) is 17.0 Å². The van der Waals surface area contributed by atoms with E-state index in [0.29, 0.717) is 0 Å². The predicted octanol–water partition coefficient (Wildman–Crippen LogP) is 3.72. The molecule has 1 fully saturated rings. The monoisotopic (exact) mass is 377 g/mol. The van der Waals surface area contributed by atoms with Crippen LogP contribution in [0.4, 0.5) is 4.79 Å². The molecule has 1 saturated heterocycles. The highest BCUT2D eigenvalue weighted by molar-refractivity contribution is 8.18. The highest BCUT2D eigenvalue weighted by atomic mass is 32.2. The van der Waals surface area contributed by atoms with Crippen LogP contribution in [0.2, 0.25) is 0 Å². The van der Waals surface area contributed by atoms with E-state index in [-0.39, 0.29) is 10.8 Å². The first-order valence-corrected chi connectivity index (χ1v) is 9.06. The summed E-state index contributed by atoms with van der Waals surface area (Å²) in [7, 11) is 2.85. The van der Waals surface area contributed by atoms with E-state index in [1.54, 1.807) is 13.2 Å². The highest BCUT2D eigenvalue weighted by Crippen LogP contribution is 2.36. The quantitative estimate of drug-likeness (QED) is 0.575. The number of nitrogens with zero attached hydrogens (tertiary/aromatic N) is 1. The second kappa shape index (κ2) is 7.95. The molecule has 2 rings (SSSR count). The zero-order valence-corrected chi connectivity index (χ0v) is 16.6. The molecule has 7 heteroatoms. The number of carbonyl (C=O) groups is 3. The van der Waals surface area contributed by atoms with Crippen LogP contribution in [0, 0.1) is 6.92 Å². The first-order valence-electron chi connectivity index (χ1n) is 8.24. The van der Waals surface area contributed by atoms with Crippen LogP contribution in [-0.2, 0) is 14.3 Å². The second-order valence-electron chi connectivity index (χ2n) is 6.36. The second-order valence-corrected chi connectivity index (χ2v) is 7.35. The van der Waals surface area contributed by atoms with Gasteiger partial charge < -0.3 is 9.47 Å². The molecule has 0 N–H and O–H groups in total. The van der Waals surface area contributed by atoms with Gasteiger partial charge in [0.05, 0.1) is 19.1 Å². The number of rotatable bonds is 5. The van der Waals surface area contributed by atoms with Gasteiger partial charge in [-0.3, -0.25) is 14.5 Å². The minimum absolute atomic E-state index is 0.243. The molecule has 0 saturated carbocycles. The summed E-state index contributed by atoms with van der Waals surface area (Å²) in [5.41, 5.74) is 2.79. The van der Waals surface area contributed by atoms with E-state index < -0.39 is 23.2 Å². The Bertz CT molecular complexity index is 784. The van der Waals surface area contributed by atoms with Crippen molar-refractivity contribution in [1.82, 2.24) is 4.90 Å². The topological polar surface area (TPSA) is 72.9 Å². The fraction of sp³-hybridized carbons (Fsp3) is 0.421. The third-order valence-electron chi connectivity index (χ3n) is 4.28. The summed E-state index contributed by atoms with van der Waals surface area (Å²) < 4.78 is 10.1. The van der Waals surface area contributed by atoms with Gasteiger partial charge in [0, 0.05) is 0 Å². The first kappa shape index (κ1) is 20.0. The summed E-state index contributed by atoms with van der Waals surface area (Å²) in [5.74, 6) is -0.0790. The van der Waals surface area contributed by atoms with Crippen molar-refractivity contribution in [3.63, 3.8) is 0 Å². The molecule has 0 unspecified atom stereocenters. The van der Waals surface area contributed by atoms with Crippen molar-refractivity contribution in [2.75, 3.05) is 14.2 Å². The number of esters is 1. The summed E-state index contributed by atoms with van der Waals surface area (Å²) >= 11 is 0.825. The van der Waals surface area contributed by atoms with Crippen LogP contribution in [0.3, 0.4) is 0 Å². The molecule has 0 aliphatic carbocycles. The van der Waals surface area contributed by atoms with Gasteiger partial charge in [0.2, 0.25) is 0 Å². The first-order chi connectivity index (χ1) is 12.2. The lowest BCUT2D eigenvalue weighted by atomic mass is 9.96. The number of amides is 2. The van der Waals surface area contributed by atoms with Crippen molar-refractivity contribution in [2.45, 2.75) is 39.7 Å². The van der Waals surface area contributed by atoms with Crippen LogP contribution in [0.1, 0.15) is 43.4 Å². The number of imide groups is 1. The molecule has 1 aromatic carbocycles. The van der Waals surface area contributed by atoms with Crippen molar-refractivity contribution in [2.24, 2.45) is 0 Å². The molecular formula is C19H23NO5S. The number of aryl methyl sites for hydroxylation is 1. The molecule has 0 aromatic heterocycles. The maximum absolute atomic E-state index is 12.6. The molecule has 0 spiro atoms. The van der Waals surface area contributed by atoms with Crippen molar-refractivity contribution in [1.29, 1.82) is 0 Å². The average Bonchev–Trinajstić information content (AvgIpc) is 2.88. The SMILES string of the molecule is COC(=O)[C@@H](C)N1C(=O)S/C(=C/c2cc(C(C)C)c(OC)cc2C)C1=O. The zero-order chi connectivity index (χ0) is 19.6. The van der Waals surface area contributed by atoms with Gasteiger partial charge >= 0.3 is 5.97 Å². The van der Waals surface area contributed by atoms with Crippen molar-refractivity contribution >= 4 is 35.0 Å². The van der Waals surface area contributed by atoms with Crippen LogP contribution in [0.25, 0.3) is 6.08 Å². The summed E-state index contributed by atoms with van der Waals surface area (Å²) in [6, 6.07) is 2.93. The lowest BCUT2D eigenvalue weighted by Crippen LogP contribution is -2.42. The van der Waals surface area contributed by atoms with Crippen molar-refractivity contribution in [3.8, 4) is 5.75 Å². The number of ether oxygens (including phenoxy) is 2. The molecule has 1 atom stereocenters. The van der Waals surface area contributed by atoms with E-state index in [1.165, 1.54) is 14.0 Å². The van der Waals surface area contributed by atoms with Crippen LogP contribution >= 0.6 is 11.8 Å². The Balaban J connectivity index is 2.42. The third-order valence-corrected chi connectivity index (χ3v) is 5.16. The maximum Gasteiger partial charge on any atom is 0.328 e. The van der Waals surface area contributed by atoms with Gasteiger partial charge in [-0.05, 0) is 66.4 Å². The van der Waals surface area contributed by atoms with Gasteiger partial charge in [-0.1, -0.05) is 13.8 Å². The van der Waals surface area contributed by atoms with Crippen LogP contribution in [-0.4, -0.2) is 42.3 Å². The van der Waals surface area contributed by atoms with Crippen molar-refractivity contribution in [3.05, 3.63) is 33.7 Å². The third kappa shape index (κ3) is 3.77. The van der Waals surface area contributed by atoms with Gasteiger partial charge in [-0.2, -0.15) is 0 Å². The van der Waals surface area contributed by atoms with Gasteiger partial charge in [-0.15, -0.1) is 0 Å². The Kier molecular flexibility index (Phi) is 6.13. The minimum Gasteiger partial charge on any atom is -0.496 e. The predicted molar refractivity (Wildman–Crippen MR) is 101 cm³/mol. The summed E-state index contributed by atoms with van der Waals surface area (Å²) in [6.07, 6.45) is 1.69. The molecule has 2 amide bonds. The molecule has 6 nitrogen and oxygen atoms in total. The Morgan fingerprint density at radius 1 is 1.19 bits per heavy atom. The number of hydrogen-bond donors (Lipinski definition) is 0. The Morgan fingerprint density at radius 3 is 2.38 bits per heavy atom. The normalized spacial score (nSPS) is 17.2. The van der Waals surface area contributed by atoms with Crippen LogP contribution in [0.5, 0.6) is 5.75 Å². The summed E-state index contributed by atoms with van der Waals surface area (Å²) in [6.45, 7) is 7.51. The molecule has 0 bridgehead atoms.